The lowest BCUT2D eigenvalue weighted by atomic mass is 10.1. The highest BCUT2D eigenvalue weighted by Crippen LogP contribution is 2.17. The molecule has 0 aliphatic carbocycles. The average molecular weight is 237 g/mol. The second-order valence-corrected chi connectivity index (χ2v) is 4.04. The summed E-state index contributed by atoms with van der Waals surface area (Å²) >= 11 is 0. The maximum Gasteiger partial charge on any atom is 0.407 e. The molecule has 1 aliphatic heterocycles. The minimum atomic E-state index is -0.899. The first-order valence-corrected chi connectivity index (χ1v) is 5.51. The molecule has 1 unspecified atom stereocenters. The Hall–Kier alpha value is -1.98. The third-order valence-electron chi connectivity index (χ3n) is 2.70. The van der Waals surface area contributed by atoms with Gasteiger partial charge in [0.2, 0.25) is 5.88 Å². The highest BCUT2D eigenvalue weighted by atomic mass is 16.5. The molecule has 92 valence electrons. The van der Waals surface area contributed by atoms with Crippen molar-refractivity contribution in [3.8, 4) is 5.88 Å². The summed E-state index contributed by atoms with van der Waals surface area (Å²) in [7, 11) is 0. The normalized spacial score (nSPS) is 20.0. The highest BCUT2D eigenvalue weighted by molar-refractivity contribution is 5.65. The van der Waals surface area contributed by atoms with Gasteiger partial charge in [-0.25, -0.2) is 9.78 Å². The second kappa shape index (κ2) is 4.90. The van der Waals surface area contributed by atoms with Crippen LogP contribution in [0.15, 0.2) is 18.3 Å². The van der Waals surface area contributed by atoms with Crippen LogP contribution in [0.3, 0.4) is 0 Å². The van der Waals surface area contributed by atoms with E-state index >= 15 is 0 Å². The Labute approximate surface area is 99.0 Å². The van der Waals surface area contributed by atoms with E-state index in [1.807, 2.05) is 0 Å². The summed E-state index contributed by atoms with van der Waals surface area (Å²) in [5.74, 6) is 0.483. The molecule has 1 saturated heterocycles. The lowest BCUT2D eigenvalue weighted by Gasteiger charge is -2.30. The van der Waals surface area contributed by atoms with Gasteiger partial charge in [-0.3, -0.25) is 0 Å². The number of nitrogen functional groups attached to an aromatic ring is 1. The largest absolute Gasteiger partial charge is 0.472 e. The minimum Gasteiger partial charge on any atom is -0.472 e. The van der Waals surface area contributed by atoms with E-state index in [4.69, 9.17) is 15.6 Å². The van der Waals surface area contributed by atoms with E-state index in [2.05, 4.69) is 4.98 Å². The zero-order valence-electron chi connectivity index (χ0n) is 9.37. The van der Waals surface area contributed by atoms with E-state index in [9.17, 15) is 4.79 Å². The molecular formula is C11H15N3O3. The van der Waals surface area contributed by atoms with Crippen molar-refractivity contribution in [1.29, 1.82) is 0 Å². The lowest BCUT2D eigenvalue weighted by Crippen LogP contribution is -2.43. The van der Waals surface area contributed by atoms with Gasteiger partial charge >= 0.3 is 6.09 Å². The summed E-state index contributed by atoms with van der Waals surface area (Å²) < 4.78 is 5.62. The Kier molecular flexibility index (Phi) is 3.32. The molecule has 2 heterocycles. The molecule has 0 spiro atoms. The van der Waals surface area contributed by atoms with E-state index < -0.39 is 6.09 Å². The van der Waals surface area contributed by atoms with Gasteiger partial charge in [0, 0.05) is 12.6 Å². The van der Waals surface area contributed by atoms with Gasteiger partial charge in [-0.1, -0.05) is 0 Å². The number of ether oxygens (including phenoxy) is 1. The molecule has 0 radical (unpaired) electrons. The molecular weight excluding hydrogens is 222 g/mol. The van der Waals surface area contributed by atoms with Gasteiger partial charge < -0.3 is 20.5 Å². The summed E-state index contributed by atoms with van der Waals surface area (Å²) in [5.41, 5.74) is 6.09. The van der Waals surface area contributed by atoms with Crippen LogP contribution in [0.25, 0.3) is 0 Å². The molecule has 1 amide bonds. The fourth-order valence-electron chi connectivity index (χ4n) is 1.84. The first-order valence-electron chi connectivity index (χ1n) is 5.51. The topological polar surface area (TPSA) is 88.7 Å². The van der Waals surface area contributed by atoms with Crippen LogP contribution >= 0.6 is 0 Å². The maximum atomic E-state index is 10.8. The smallest absolute Gasteiger partial charge is 0.407 e. The van der Waals surface area contributed by atoms with Crippen molar-refractivity contribution >= 4 is 11.8 Å². The number of rotatable bonds is 2. The van der Waals surface area contributed by atoms with Crippen LogP contribution in [0.5, 0.6) is 5.88 Å². The molecule has 0 aromatic carbocycles. The summed E-state index contributed by atoms with van der Waals surface area (Å²) in [6.45, 7) is 0.964. The van der Waals surface area contributed by atoms with Crippen LogP contribution in [0, 0.1) is 0 Å². The van der Waals surface area contributed by atoms with Gasteiger partial charge in [0.25, 0.3) is 0 Å². The number of likely N-dealkylation sites (tertiary alicyclic amines) is 1. The standard InChI is InChI=1S/C11H15N3O3/c12-8-3-4-10(13-6-8)17-9-2-1-5-14(7-9)11(15)16/h3-4,6,9H,1-2,5,7,12H2,(H,15,16). The van der Waals surface area contributed by atoms with Crippen LogP contribution < -0.4 is 10.5 Å². The molecule has 1 aromatic heterocycles. The molecule has 1 atom stereocenters. The number of hydrogen-bond donors (Lipinski definition) is 2. The number of carboxylic acid groups (broad SMARTS) is 1. The molecule has 2 rings (SSSR count). The number of hydrogen-bond acceptors (Lipinski definition) is 4. The van der Waals surface area contributed by atoms with Crippen molar-refractivity contribution in [2.45, 2.75) is 18.9 Å². The van der Waals surface area contributed by atoms with Gasteiger partial charge in [-0.2, -0.15) is 0 Å². The van der Waals surface area contributed by atoms with Gasteiger partial charge in [0.15, 0.2) is 0 Å². The molecule has 17 heavy (non-hydrogen) atoms. The number of piperidine rings is 1. The van der Waals surface area contributed by atoms with E-state index in [0.29, 0.717) is 24.7 Å². The molecule has 3 N–H and O–H groups in total. The molecule has 0 saturated carbocycles. The summed E-state index contributed by atoms with van der Waals surface area (Å²) in [6.07, 6.45) is 2.15. The minimum absolute atomic E-state index is 0.129. The first-order chi connectivity index (χ1) is 8.15. The number of nitrogens with zero attached hydrogens (tertiary/aromatic N) is 2. The first kappa shape index (κ1) is 11.5. The third-order valence-corrected chi connectivity index (χ3v) is 2.70. The Morgan fingerprint density at radius 1 is 1.59 bits per heavy atom. The summed E-state index contributed by atoms with van der Waals surface area (Å²) in [6, 6.07) is 3.40. The molecule has 1 aromatic rings. The van der Waals surface area contributed by atoms with Crippen LogP contribution in [-0.2, 0) is 0 Å². The zero-order chi connectivity index (χ0) is 12.3. The Balaban J connectivity index is 1.94. The van der Waals surface area contributed by atoms with Gasteiger partial charge in [-0.15, -0.1) is 0 Å². The van der Waals surface area contributed by atoms with Crippen molar-refractivity contribution in [2.24, 2.45) is 0 Å². The van der Waals surface area contributed by atoms with Crippen molar-refractivity contribution < 1.29 is 14.6 Å². The number of carbonyl (C=O) groups is 1. The molecule has 6 heteroatoms. The SMILES string of the molecule is Nc1ccc(OC2CCCN(C(=O)O)C2)nc1. The number of pyridine rings is 1. The fraction of sp³-hybridized carbons (Fsp3) is 0.455. The van der Waals surface area contributed by atoms with Crippen molar-refractivity contribution in [3.63, 3.8) is 0 Å². The average Bonchev–Trinajstić information content (AvgIpc) is 2.32. The molecule has 1 fully saturated rings. The van der Waals surface area contributed by atoms with Crippen LogP contribution in [0.2, 0.25) is 0 Å². The van der Waals surface area contributed by atoms with Crippen molar-refractivity contribution in [3.05, 3.63) is 18.3 Å². The third kappa shape index (κ3) is 2.99. The second-order valence-electron chi connectivity index (χ2n) is 4.04. The molecule has 6 nitrogen and oxygen atoms in total. The van der Waals surface area contributed by atoms with Gasteiger partial charge in [0.05, 0.1) is 18.4 Å². The molecule has 0 bridgehead atoms. The summed E-state index contributed by atoms with van der Waals surface area (Å²) in [5, 5.41) is 8.90. The number of anilines is 1. The van der Waals surface area contributed by atoms with E-state index in [-0.39, 0.29) is 6.10 Å². The van der Waals surface area contributed by atoms with Crippen molar-refractivity contribution in [1.82, 2.24) is 9.88 Å². The van der Waals surface area contributed by atoms with Gasteiger partial charge in [0.1, 0.15) is 6.10 Å². The summed E-state index contributed by atoms with van der Waals surface area (Å²) in [4.78, 5) is 16.2. The zero-order valence-corrected chi connectivity index (χ0v) is 9.37. The van der Waals surface area contributed by atoms with Crippen LogP contribution in [0.4, 0.5) is 10.5 Å². The molecule has 1 aliphatic rings. The Morgan fingerprint density at radius 2 is 2.41 bits per heavy atom. The predicted octanol–water partition coefficient (Wildman–Crippen LogP) is 1.18. The highest BCUT2D eigenvalue weighted by Gasteiger charge is 2.24. The Morgan fingerprint density at radius 3 is 3.06 bits per heavy atom. The van der Waals surface area contributed by atoms with Crippen LogP contribution in [-0.4, -0.2) is 40.3 Å². The predicted molar refractivity (Wildman–Crippen MR) is 61.9 cm³/mol. The fourth-order valence-corrected chi connectivity index (χ4v) is 1.84. The van der Waals surface area contributed by atoms with Crippen molar-refractivity contribution in [2.75, 3.05) is 18.8 Å². The Bertz CT molecular complexity index is 393. The van der Waals surface area contributed by atoms with Crippen LogP contribution in [0.1, 0.15) is 12.8 Å². The maximum absolute atomic E-state index is 10.8. The monoisotopic (exact) mass is 237 g/mol. The van der Waals surface area contributed by atoms with E-state index in [1.54, 1.807) is 12.1 Å². The lowest BCUT2D eigenvalue weighted by molar-refractivity contribution is 0.0767. The number of aromatic nitrogens is 1. The van der Waals surface area contributed by atoms with Gasteiger partial charge in [-0.05, 0) is 18.9 Å². The van der Waals surface area contributed by atoms with E-state index in [0.717, 1.165) is 12.8 Å². The number of nitrogens with two attached hydrogens (primary N) is 1. The number of amides is 1. The van der Waals surface area contributed by atoms with E-state index in [1.165, 1.54) is 11.1 Å². The quantitative estimate of drug-likeness (QED) is 0.806.